The minimum absolute atomic E-state index is 0.0232. The second kappa shape index (κ2) is 8.24. The molecule has 132 valence electrons. The van der Waals surface area contributed by atoms with Crippen molar-refractivity contribution in [2.24, 2.45) is 0 Å². The predicted molar refractivity (Wildman–Crippen MR) is 92.7 cm³/mol. The molecule has 24 heavy (non-hydrogen) atoms. The Labute approximate surface area is 143 Å². The number of carbonyl (C=O) groups excluding carboxylic acids is 1. The Morgan fingerprint density at radius 2 is 1.88 bits per heavy atom. The highest BCUT2D eigenvalue weighted by atomic mass is 16.5. The van der Waals surface area contributed by atoms with Crippen LogP contribution in [0.2, 0.25) is 0 Å². The molecule has 1 atom stereocenters. The van der Waals surface area contributed by atoms with Crippen LogP contribution in [0.5, 0.6) is 11.5 Å². The average Bonchev–Trinajstić information content (AvgIpc) is 3.30. The molecule has 0 spiro atoms. The number of hydrogen-bond donors (Lipinski definition) is 1. The molecule has 2 heterocycles. The van der Waals surface area contributed by atoms with E-state index in [1.165, 1.54) is 25.9 Å². The summed E-state index contributed by atoms with van der Waals surface area (Å²) in [6, 6.07) is 8.01. The maximum absolute atomic E-state index is 12.2. The number of methoxy groups -OCH3 is 1. The molecule has 2 amide bonds. The molecule has 0 aromatic heterocycles. The minimum atomic E-state index is 0.0232. The van der Waals surface area contributed by atoms with E-state index in [2.05, 4.69) is 10.2 Å². The number of ether oxygens (including phenoxy) is 2. The molecule has 3 rings (SSSR count). The summed E-state index contributed by atoms with van der Waals surface area (Å²) in [6.45, 7) is 5.06. The van der Waals surface area contributed by atoms with Crippen LogP contribution in [0.15, 0.2) is 24.3 Å². The van der Waals surface area contributed by atoms with Crippen LogP contribution < -0.4 is 14.8 Å². The van der Waals surface area contributed by atoms with Crippen LogP contribution in [0.3, 0.4) is 0 Å². The van der Waals surface area contributed by atoms with Crippen molar-refractivity contribution in [3.8, 4) is 11.5 Å². The van der Waals surface area contributed by atoms with Crippen molar-refractivity contribution in [3.05, 3.63) is 24.3 Å². The zero-order valence-electron chi connectivity index (χ0n) is 14.4. The number of carbonyl (C=O) groups is 1. The van der Waals surface area contributed by atoms with Gasteiger partial charge in [0.05, 0.1) is 13.7 Å². The van der Waals surface area contributed by atoms with Gasteiger partial charge in [0.1, 0.15) is 18.1 Å². The third kappa shape index (κ3) is 4.32. The minimum Gasteiger partial charge on any atom is -0.497 e. The quantitative estimate of drug-likeness (QED) is 0.809. The lowest BCUT2D eigenvalue weighted by Crippen LogP contribution is -2.42. The van der Waals surface area contributed by atoms with Crippen molar-refractivity contribution in [1.29, 1.82) is 0 Å². The lowest BCUT2D eigenvalue weighted by Gasteiger charge is -2.23. The Kier molecular flexibility index (Phi) is 5.80. The molecule has 1 aromatic carbocycles. The van der Waals surface area contributed by atoms with Crippen LogP contribution in [0.1, 0.15) is 19.3 Å². The van der Waals surface area contributed by atoms with Crippen LogP contribution in [0.25, 0.3) is 0 Å². The van der Waals surface area contributed by atoms with E-state index in [0.29, 0.717) is 19.2 Å². The van der Waals surface area contributed by atoms with E-state index < -0.39 is 0 Å². The smallest absolute Gasteiger partial charge is 0.317 e. The SMILES string of the molecule is COc1ccc(OCCNC(=O)N2CC[C@H](N3CCCC3)C2)cc1. The third-order valence-electron chi connectivity index (χ3n) is 4.81. The molecule has 0 radical (unpaired) electrons. The van der Waals surface area contributed by atoms with E-state index in [9.17, 15) is 4.79 Å². The molecular formula is C18H27N3O3. The van der Waals surface area contributed by atoms with Crippen LogP contribution >= 0.6 is 0 Å². The second-order valence-corrected chi connectivity index (χ2v) is 6.39. The fourth-order valence-corrected chi connectivity index (χ4v) is 3.44. The van der Waals surface area contributed by atoms with Crippen molar-refractivity contribution >= 4 is 6.03 Å². The number of benzene rings is 1. The molecule has 0 saturated carbocycles. The van der Waals surface area contributed by atoms with E-state index in [1.807, 2.05) is 29.2 Å². The van der Waals surface area contributed by atoms with Crippen molar-refractivity contribution in [2.45, 2.75) is 25.3 Å². The normalized spacial score (nSPS) is 21.0. The zero-order valence-corrected chi connectivity index (χ0v) is 14.4. The topological polar surface area (TPSA) is 54.0 Å². The summed E-state index contributed by atoms with van der Waals surface area (Å²) in [7, 11) is 1.64. The van der Waals surface area contributed by atoms with Gasteiger partial charge in [0.25, 0.3) is 0 Å². The fourth-order valence-electron chi connectivity index (χ4n) is 3.44. The molecule has 2 aliphatic rings. The van der Waals surface area contributed by atoms with Crippen molar-refractivity contribution in [3.63, 3.8) is 0 Å². The lowest BCUT2D eigenvalue weighted by molar-refractivity contribution is 0.196. The number of nitrogens with zero attached hydrogens (tertiary/aromatic N) is 2. The van der Waals surface area contributed by atoms with Gasteiger partial charge in [-0.1, -0.05) is 0 Å². The van der Waals surface area contributed by atoms with Gasteiger partial charge in [-0.15, -0.1) is 0 Å². The molecule has 6 heteroatoms. The standard InChI is InChI=1S/C18H27N3O3/c1-23-16-4-6-17(7-5-16)24-13-9-19-18(22)21-12-8-15(14-21)20-10-2-3-11-20/h4-7,15H,2-3,8-14H2,1H3,(H,19,22)/t15-/m0/s1. The summed E-state index contributed by atoms with van der Waals surface area (Å²) in [4.78, 5) is 16.7. The fraction of sp³-hybridized carbons (Fsp3) is 0.611. The van der Waals surface area contributed by atoms with Gasteiger partial charge in [-0.3, -0.25) is 4.90 Å². The van der Waals surface area contributed by atoms with E-state index >= 15 is 0 Å². The first-order chi connectivity index (χ1) is 11.8. The Morgan fingerprint density at radius 3 is 2.58 bits per heavy atom. The molecule has 0 bridgehead atoms. The maximum atomic E-state index is 12.2. The van der Waals surface area contributed by atoms with Crippen molar-refractivity contribution in [1.82, 2.24) is 15.1 Å². The molecule has 0 aliphatic carbocycles. The summed E-state index contributed by atoms with van der Waals surface area (Å²) in [5.41, 5.74) is 0. The van der Waals surface area contributed by atoms with E-state index in [-0.39, 0.29) is 6.03 Å². The van der Waals surface area contributed by atoms with Crippen LogP contribution in [0.4, 0.5) is 4.79 Å². The van der Waals surface area contributed by atoms with Gasteiger partial charge >= 0.3 is 6.03 Å². The summed E-state index contributed by atoms with van der Waals surface area (Å²) in [5.74, 6) is 1.58. The van der Waals surface area contributed by atoms with Crippen LogP contribution in [0, 0.1) is 0 Å². The van der Waals surface area contributed by atoms with Crippen LogP contribution in [-0.4, -0.2) is 68.3 Å². The highest BCUT2D eigenvalue weighted by Gasteiger charge is 2.31. The summed E-state index contributed by atoms with van der Waals surface area (Å²) < 4.78 is 10.7. The number of rotatable bonds is 6. The van der Waals surface area contributed by atoms with Gasteiger partial charge in [-0.2, -0.15) is 0 Å². The van der Waals surface area contributed by atoms with Gasteiger partial charge in [-0.05, 0) is 56.6 Å². The number of hydrogen-bond acceptors (Lipinski definition) is 4. The van der Waals surface area contributed by atoms with Gasteiger partial charge < -0.3 is 19.7 Å². The Balaban J connectivity index is 1.33. The summed E-state index contributed by atoms with van der Waals surface area (Å²) >= 11 is 0. The monoisotopic (exact) mass is 333 g/mol. The van der Waals surface area contributed by atoms with E-state index in [0.717, 1.165) is 31.0 Å². The van der Waals surface area contributed by atoms with Gasteiger partial charge in [0, 0.05) is 19.1 Å². The molecule has 2 aliphatic heterocycles. The Bertz CT molecular complexity index is 529. The lowest BCUT2D eigenvalue weighted by atomic mass is 10.2. The molecule has 1 aromatic rings. The number of likely N-dealkylation sites (tertiary alicyclic amines) is 2. The first-order valence-corrected chi connectivity index (χ1v) is 8.80. The maximum Gasteiger partial charge on any atom is 0.317 e. The first-order valence-electron chi connectivity index (χ1n) is 8.80. The Morgan fingerprint density at radius 1 is 1.17 bits per heavy atom. The number of urea groups is 1. The number of nitrogens with one attached hydrogen (secondary N) is 1. The van der Waals surface area contributed by atoms with E-state index in [1.54, 1.807) is 7.11 Å². The molecule has 1 N–H and O–H groups in total. The second-order valence-electron chi connectivity index (χ2n) is 6.39. The molecule has 6 nitrogen and oxygen atoms in total. The van der Waals surface area contributed by atoms with Crippen molar-refractivity contribution < 1.29 is 14.3 Å². The molecular weight excluding hydrogens is 306 g/mol. The van der Waals surface area contributed by atoms with Gasteiger partial charge in [0.15, 0.2) is 0 Å². The van der Waals surface area contributed by atoms with Crippen molar-refractivity contribution in [2.75, 3.05) is 46.4 Å². The largest absolute Gasteiger partial charge is 0.497 e. The highest BCUT2D eigenvalue weighted by molar-refractivity contribution is 5.74. The molecule has 0 unspecified atom stereocenters. The molecule has 2 fully saturated rings. The summed E-state index contributed by atoms with van der Waals surface area (Å²) in [5, 5.41) is 2.95. The number of amides is 2. The average molecular weight is 333 g/mol. The third-order valence-corrected chi connectivity index (χ3v) is 4.81. The van der Waals surface area contributed by atoms with E-state index in [4.69, 9.17) is 9.47 Å². The van der Waals surface area contributed by atoms with Crippen LogP contribution in [-0.2, 0) is 0 Å². The zero-order chi connectivity index (χ0) is 16.8. The summed E-state index contributed by atoms with van der Waals surface area (Å²) in [6.07, 6.45) is 3.69. The molecule has 2 saturated heterocycles. The highest BCUT2D eigenvalue weighted by Crippen LogP contribution is 2.20. The first kappa shape index (κ1) is 16.9. The Hall–Kier alpha value is -1.95. The van der Waals surface area contributed by atoms with Gasteiger partial charge in [0.2, 0.25) is 0 Å². The predicted octanol–water partition coefficient (Wildman–Crippen LogP) is 1.95. The van der Waals surface area contributed by atoms with Gasteiger partial charge in [-0.25, -0.2) is 4.79 Å².